The first-order valence-electron chi connectivity index (χ1n) is 16.1. The summed E-state index contributed by atoms with van der Waals surface area (Å²) in [6.45, 7) is 0. The van der Waals surface area contributed by atoms with Crippen molar-refractivity contribution in [1.82, 2.24) is 9.55 Å². The summed E-state index contributed by atoms with van der Waals surface area (Å²) in [7, 11) is 0. The van der Waals surface area contributed by atoms with Crippen LogP contribution in [0.1, 0.15) is 22.3 Å². The molecule has 2 aliphatic carbocycles. The van der Waals surface area contributed by atoms with Gasteiger partial charge in [-0.3, -0.25) is 4.57 Å². The Kier molecular flexibility index (Phi) is 4.78. The van der Waals surface area contributed by atoms with Crippen LogP contribution in [0.2, 0.25) is 0 Å². The molecular formula is C44H26N2O. The van der Waals surface area contributed by atoms with Crippen LogP contribution in [0.3, 0.4) is 0 Å². The fourth-order valence-electron chi connectivity index (χ4n) is 8.55. The van der Waals surface area contributed by atoms with Crippen LogP contribution >= 0.6 is 0 Å². The highest BCUT2D eigenvalue weighted by Gasteiger charge is 2.51. The van der Waals surface area contributed by atoms with Gasteiger partial charge in [0.1, 0.15) is 11.3 Å². The van der Waals surface area contributed by atoms with Crippen molar-refractivity contribution in [2.75, 3.05) is 0 Å². The van der Waals surface area contributed by atoms with E-state index < -0.39 is 0 Å². The third-order valence-corrected chi connectivity index (χ3v) is 10.4. The molecule has 3 aliphatic rings. The van der Waals surface area contributed by atoms with Crippen LogP contribution in [0.4, 0.5) is 0 Å². The summed E-state index contributed by atoms with van der Waals surface area (Å²) in [4.78, 5) is 5.05. The van der Waals surface area contributed by atoms with Crippen LogP contribution in [-0.4, -0.2) is 9.55 Å². The highest BCUT2D eigenvalue weighted by molar-refractivity contribution is 5.96. The van der Waals surface area contributed by atoms with E-state index in [9.17, 15) is 0 Å². The molecule has 3 nitrogen and oxygen atoms in total. The number of benzene rings is 7. The van der Waals surface area contributed by atoms with Crippen LogP contribution in [0.25, 0.3) is 61.5 Å². The molecule has 1 aromatic heterocycles. The normalized spacial score (nSPS) is 13.9. The third-order valence-electron chi connectivity index (χ3n) is 10.4. The Morgan fingerprint density at radius 3 is 1.74 bits per heavy atom. The Hall–Kier alpha value is -6.19. The zero-order valence-electron chi connectivity index (χ0n) is 25.3. The second-order valence-electron chi connectivity index (χ2n) is 12.7. The molecule has 0 atom stereocenters. The van der Waals surface area contributed by atoms with Gasteiger partial charge < -0.3 is 4.74 Å². The molecule has 3 heteroatoms. The number of ether oxygens (including phenoxy) is 1. The van der Waals surface area contributed by atoms with Gasteiger partial charge in [0.05, 0.1) is 16.6 Å². The number of aromatic nitrogens is 2. The topological polar surface area (TPSA) is 27.1 Å². The van der Waals surface area contributed by atoms with Gasteiger partial charge in [-0.1, -0.05) is 127 Å². The van der Waals surface area contributed by atoms with Crippen LogP contribution in [-0.2, 0) is 5.41 Å². The number of hydrogen-bond acceptors (Lipinski definition) is 2. The lowest BCUT2D eigenvalue weighted by Crippen LogP contribution is -2.25. The summed E-state index contributed by atoms with van der Waals surface area (Å²) in [5.74, 6) is 2.57. The molecule has 218 valence electrons. The standard InChI is InChI=1S/C44H26N2O/c1-2-11-27(12-3-1)43-45-38-19-10-20-40-42(38)46(43)39-24-22-29(26-41(39)47-40)28-21-23-33-32-15-6-9-18-36(32)44(37(33)25-28)34-16-7-4-13-30(34)31-14-5-8-17-35(31)44/h1-26H. The largest absolute Gasteiger partial charge is 0.453 e. The molecule has 8 aromatic rings. The summed E-state index contributed by atoms with van der Waals surface area (Å²) in [5, 5.41) is 0. The Bertz CT molecular complexity index is 2550. The molecule has 47 heavy (non-hydrogen) atoms. The minimum atomic E-state index is -0.369. The highest BCUT2D eigenvalue weighted by atomic mass is 16.5. The monoisotopic (exact) mass is 598 g/mol. The minimum absolute atomic E-state index is 0.369. The van der Waals surface area contributed by atoms with Gasteiger partial charge in [-0.25, -0.2) is 4.98 Å². The molecule has 0 N–H and O–H groups in total. The molecule has 0 amide bonds. The molecule has 0 unspecified atom stereocenters. The van der Waals surface area contributed by atoms with Crippen LogP contribution < -0.4 is 4.74 Å². The van der Waals surface area contributed by atoms with Crippen molar-refractivity contribution in [2.45, 2.75) is 5.41 Å². The van der Waals surface area contributed by atoms with E-state index >= 15 is 0 Å². The predicted octanol–water partition coefficient (Wildman–Crippen LogP) is 10.8. The van der Waals surface area contributed by atoms with Crippen LogP contribution in [0.5, 0.6) is 11.5 Å². The molecule has 0 fully saturated rings. The van der Waals surface area contributed by atoms with E-state index in [0.717, 1.165) is 45.2 Å². The number of imidazole rings is 1. The average Bonchev–Trinajstić information content (AvgIpc) is 3.77. The van der Waals surface area contributed by atoms with Crippen LogP contribution in [0, 0.1) is 0 Å². The summed E-state index contributed by atoms with van der Waals surface area (Å²) in [6.07, 6.45) is 0. The predicted molar refractivity (Wildman–Crippen MR) is 188 cm³/mol. The first kappa shape index (κ1) is 25.1. The highest BCUT2D eigenvalue weighted by Crippen LogP contribution is 2.63. The lowest BCUT2D eigenvalue weighted by Gasteiger charge is -2.30. The lowest BCUT2D eigenvalue weighted by molar-refractivity contribution is 0.476. The summed E-state index contributed by atoms with van der Waals surface area (Å²) >= 11 is 0. The minimum Gasteiger partial charge on any atom is -0.453 e. The molecular weight excluding hydrogens is 572 g/mol. The molecule has 0 saturated carbocycles. The van der Waals surface area contributed by atoms with Crippen molar-refractivity contribution in [1.29, 1.82) is 0 Å². The maximum absolute atomic E-state index is 6.63. The van der Waals surface area contributed by atoms with E-state index in [1.807, 2.05) is 18.2 Å². The zero-order valence-corrected chi connectivity index (χ0v) is 25.3. The second-order valence-corrected chi connectivity index (χ2v) is 12.7. The van der Waals surface area contributed by atoms with E-state index in [-0.39, 0.29) is 5.41 Å². The zero-order chi connectivity index (χ0) is 30.7. The molecule has 0 bridgehead atoms. The Morgan fingerprint density at radius 1 is 0.447 bits per heavy atom. The maximum atomic E-state index is 6.63. The summed E-state index contributed by atoms with van der Waals surface area (Å²) < 4.78 is 8.88. The number of fused-ring (bicyclic) bond motifs is 12. The van der Waals surface area contributed by atoms with E-state index in [0.29, 0.717) is 0 Å². The van der Waals surface area contributed by atoms with Gasteiger partial charge in [-0.05, 0) is 86.0 Å². The van der Waals surface area contributed by atoms with Crippen molar-refractivity contribution in [3.8, 4) is 62.0 Å². The number of para-hydroxylation sites is 1. The molecule has 1 aliphatic heterocycles. The lowest BCUT2D eigenvalue weighted by atomic mass is 9.70. The SMILES string of the molecule is c1ccc(-c2nc3cccc4c3n2-c2ccc(-c3ccc5c(c3)C3(c6ccccc6-c6ccccc63)c3ccccc3-5)cc2O4)cc1. The van der Waals surface area contributed by atoms with Crippen molar-refractivity contribution >= 4 is 11.0 Å². The van der Waals surface area contributed by atoms with Crippen molar-refractivity contribution in [3.05, 3.63) is 180 Å². The first-order chi connectivity index (χ1) is 23.3. The average molecular weight is 599 g/mol. The van der Waals surface area contributed by atoms with Gasteiger partial charge in [0, 0.05) is 5.56 Å². The molecule has 0 saturated heterocycles. The van der Waals surface area contributed by atoms with Crippen molar-refractivity contribution in [2.24, 2.45) is 0 Å². The summed E-state index contributed by atoms with van der Waals surface area (Å²) in [6, 6.07) is 57.0. The van der Waals surface area contributed by atoms with Crippen molar-refractivity contribution < 1.29 is 4.74 Å². The van der Waals surface area contributed by atoms with E-state index in [2.05, 4.69) is 144 Å². The van der Waals surface area contributed by atoms with Gasteiger partial charge in [0.25, 0.3) is 0 Å². The van der Waals surface area contributed by atoms with Gasteiger partial charge in [-0.15, -0.1) is 0 Å². The summed E-state index contributed by atoms with van der Waals surface area (Å²) in [5.41, 5.74) is 16.6. The molecule has 0 radical (unpaired) electrons. The van der Waals surface area contributed by atoms with Crippen molar-refractivity contribution in [3.63, 3.8) is 0 Å². The fraction of sp³-hybridized carbons (Fsp3) is 0.0227. The third kappa shape index (κ3) is 3.13. The van der Waals surface area contributed by atoms with E-state index in [4.69, 9.17) is 9.72 Å². The Labute approximate surface area is 272 Å². The number of hydrogen-bond donors (Lipinski definition) is 0. The fourth-order valence-corrected chi connectivity index (χ4v) is 8.55. The van der Waals surface area contributed by atoms with E-state index in [1.54, 1.807) is 0 Å². The molecule has 11 rings (SSSR count). The Balaban J connectivity index is 1.13. The molecule has 7 aromatic carbocycles. The molecule has 1 spiro atoms. The van der Waals surface area contributed by atoms with Gasteiger partial charge in [0.15, 0.2) is 11.5 Å². The maximum Gasteiger partial charge on any atom is 0.153 e. The van der Waals surface area contributed by atoms with Gasteiger partial charge in [-0.2, -0.15) is 0 Å². The number of rotatable bonds is 2. The second kappa shape index (κ2) is 8.96. The van der Waals surface area contributed by atoms with E-state index in [1.165, 1.54) is 50.1 Å². The Morgan fingerprint density at radius 2 is 1.04 bits per heavy atom. The number of nitrogens with zero attached hydrogens (tertiary/aromatic N) is 2. The molecule has 2 heterocycles. The smallest absolute Gasteiger partial charge is 0.153 e. The first-order valence-corrected chi connectivity index (χ1v) is 16.1. The van der Waals surface area contributed by atoms with Gasteiger partial charge >= 0.3 is 0 Å². The quantitative estimate of drug-likeness (QED) is 0.198. The van der Waals surface area contributed by atoms with Gasteiger partial charge in [0.2, 0.25) is 0 Å². The van der Waals surface area contributed by atoms with Crippen LogP contribution in [0.15, 0.2) is 158 Å².